The number of aromatic nitrogens is 1. The summed E-state index contributed by atoms with van der Waals surface area (Å²) in [7, 11) is 1.61. The smallest absolute Gasteiger partial charge is 0.350 e. The number of benzene rings is 2. The summed E-state index contributed by atoms with van der Waals surface area (Å²) in [5.41, 5.74) is 3.29. The van der Waals surface area contributed by atoms with Crippen molar-refractivity contribution in [2.45, 2.75) is 26.3 Å². The summed E-state index contributed by atoms with van der Waals surface area (Å²) in [6.07, 6.45) is 0.559. The number of esters is 1. The monoisotopic (exact) mass is 449 g/mol. The molecule has 3 aromatic rings. The molecule has 1 aromatic heterocycles. The average Bonchev–Trinajstić information content (AvgIpc) is 3.41. The van der Waals surface area contributed by atoms with Gasteiger partial charge in [0.15, 0.2) is 6.61 Å². The molecular formula is C24H23N3O4S. The van der Waals surface area contributed by atoms with Gasteiger partial charge in [0, 0.05) is 6.42 Å². The van der Waals surface area contributed by atoms with Crippen LogP contribution in [0.5, 0.6) is 5.75 Å². The van der Waals surface area contributed by atoms with E-state index in [1.54, 1.807) is 14.0 Å². The predicted octanol–water partition coefficient (Wildman–Crippen LogP) is 4.30. The van der Waals surface area contributed by atoms with E-state index < -0.39 is 12.6 Å². The van der Waals surface area contributed by atoms with E-state index in [9.17, 15) is 9.59 Å². The normalized spacial score (nSPS) is 15.4. The molecule has 164 valence electrons. The third-order valence-corrected chi connectivity index (χ3v) is 6.24. The lowest BCUT2D eigenvalue weighted by Crippen LogP contribution is -2.31. The van der Waals surface area contributed by atoms with Gasteiger partial charge in [-0.25, -0.2) is 14.8 Å². The first-order valence-corrected chi connectivity index (χ1v) is 11.0. The summed E-state index contributed by atoms with van der Waals surface area (Å²) in [5.74, 6) is -0.198. The lowest BCUT2D eigenvalue weighted by Gasteiger charge is -2.22. The van der Waals surface area contributed by atoms with Gasteiger partial charge >= 0.3 is 5.97 Å². The Morgan fingerprint density at radius 2 is 1.81 bits per heavy atom. The van der Waals surface area contributed by atoms with E-state index in [0.29, 0.717) is 17.0 Å². The van der Waals surface area contributed by atoms with Gasteiger partial charge in [0.05, 0.1) is 29.6 Å². The van der Waals surface area contributed by atoms with Crippen LogP contribution >= 0.6 is 11.3 Å². The molecule has 1 aliphatic rings. The summed E-state index contributed by atoms with van der Waals surface area (Å²) >= 11 is 1.25. The van der Waals surface area contributed by atoms with Crippen LogP contribution in [0.25, 0.3) is 0 Å². The van der Waals surface area contributed by atoms with Crippen molar-refractivity contribution >= 4 is 28.9 Å². The molecule has 2 heterocycles. The van der Waals surface area contributed by atoms with Crippen LogP contribution in [0.2, 0.25) is 0 Å². The van der Waals surface area contributed by atoms with Crippen molar-refractivity contribution in [1.29, 1.82) is 0 Å². The van der Waals surface area contributed by atoms with Crippen LogP contribution in [0.15, 0.2) is 59.7 Å². The van der Waals surface area contributed by atoms with Gasteiger partial charge in [-0.3, -0.25) is 4.79 Å². The molecule has 7 nitrogen and oxygen atoms in total. The topological polar surface area (TPSA) is 81.1 Å². The maximum absolute atomic E-state index is 13.1. The van der Waals surface area contributed by atoms with Crippen LogP contribution in [-0.4, -0.2) is 41.3 Å². The minimum atomic E-state index is -0.547. The summed E-state index contributed by atoms with van der Waals surface area (Å²) < 4.78 is 10.6. The highest BCUT2D eigenvalue weighted by atomic mass is 32.1. The van der Waals surface area contributed by atoms with E-state index in [1.807, 2.05) is 61.5 Å². The summed E-state index contributed by atoms with van der Waals surface area (Å²) in [6, 6.07) is 17.0. The molecule has 0 bridgehead atoms. The number of ether oxygens (including phenoxy) is 2. The van der Waals surface area contributed by atoms with Gasteiger partial charge in [0.1, 0.15) is 10.6 Å². The minimum absolute atomic E-state index is 0.297. The summed E-state index contributed by atoms with van der Waals surface area (Å²) in [4.78, 5) is 30.1. The number of carbonyl (C=O) groups is 2. The highest BCUT2D eigenvalue weighted by Gasteiger charge is 2.33. The van der Waals surface area contributed by atoms with Gasteiger partial charge in [-0.05, 0) is 37.1 Å². The van der Waals surface area contributed by atoms with Crippen LogP contribution in [0.3, 0.4) is 0 Å². The summed E-state index contributed by atoms with van der Waals surface area (Å²) in [5, 5.41) is 6.79. The van der Waals surface area contributed by atoms with E-state index in [-0.39, 0.29) is 11.9 Å². The zero-order valence-corrected chi connectivity index (χ0v) is 18.9. The number of hydrogen-bond donors (Lipinski definition) is 0. The second-order valence-corrected chi connectivity index (χ2v) is 8.57. The van der Waals surface area contributed by atoms with Gasteiger partial charge in [-0.1, -0.05) is 42.5 Å². The Morgan fingerprint density at radius 1 is 1.09 bits per heavy atom. The average molecular weight is 450 g/mol. The van der Waals surface area contributed by atoms with Crippen LogP contribution in [0, 0.1) is 13.8 Å². The Morgan fingerprint density at radius 3 is 2.44 bits per heavy atom. The first-order chi connectivity index (χ1) is 15.5. The maximum atomic E-state index is 13.1. The molecule has 0 spiro atoms. The first kappa shape index (κ1) is 21.7. The standard InChI is InChI=1S/C24H23N3O4S/c1-15-23(32-16(2)25-15)24(29)31-14-22(28)27-21(18-9-11-19(30-3)12-10-18)13-20(26-27)17-7-5-4-6-8-17/h4-12,21H,13-14H2,1-3H3. The minimum Gasteiger partial charge on any atom is -0.497 e. The molecule has 1 unspecified atom stereocenters. The molecule has 4 rings (SSSR count). The van der Waals surface area contributed by atoms with Crippen LogP contribution in [0.1, 0.15) is 44.0 Å². The number of carbonyl (C=O) groups excluding carboxylic acids is 2. The Balaban J connectivity index is 1.55. The summed E-state index contributed by atoms with van der Waals surface area (Å²) in [6.45, 7) is 3.18. The van der Waals surface area contributed by atoms with E-state index in [1.165, 1.54) is 16.3 Å². The number of nitrogens with zero attached hydrogens (tertiary/aromatic N) is 3. The van der Waals surface area contributed by atoms with Crippen molar-refractivity contribution in [2.24, 2.45) is 5.10 Å². The van der Waals surface area contributed by atoms with Crippen molar-refractivity contribution in [3.8, 4) is 5.75 Å². The van der Waals surface area contributed by atoms with Crippen molar-refractivity contribution in [1.82, 2.24) is 9.99 Å². The second kappa shape index (κ2) is 9.32. The molecule has 2 aromatic carbocycles. The van der Waals surface area contributed by atoms with Gasteiger partial charge in [-0.2, -0.15) is 5.10 Å². The Hall–Kier alpha value is -3.52. The number of methoxy groups -OCH3 is 1. The van der Waals surface area contributed by atoms with E-state index >= 15 is 0 Å². The Labute approximate surface area is 190 Å². The molecule has 1 aliphatic heterocycles. The van der Waals surface area contributed by atoms with Crippen molar-refractivity contribution in [3.63, 3.8) is 0 Å². The predicted molar refractivity (Wildman–Crippen MR) is 122 cm³/mol. The molecule has 8 heteroatoms. The number of aryl methyl sites for hydroxylation is 2. The molecule has 1 atom stereocenters. The first-order valence-electron chi connectivity index (χ1n) is 10.2. The fraction of sp³-hybridized carbons (Fsp3) is 0.250. The van der Waals surface area contributed by atoms with Crippen molar-refractivity contribution in [2.75, 3.05) is 13.7 Å². The van der Waals surface area contributed by atoms with Gasteiger partial charge in [0.2, 0.25) is 0 Å². The third-order valence-electron chi connectivity index (χ3n) is 5.19. The fourth-order valence-corrected chi connectivity index (χ4v) is 4.42. The number of hydrazone groups is 1. The molecule has 0 aliphatic carbocycles. The van der Waals surface area contributed by atoms with E-state index in [4.69, 9.17) is 9.47 Å². The lowest BCUT2D eigenvalue weighted by atomic mass is 9.98. The fourth-order valence-electron chi connectivity index (χ4n) is 3.61. The maximum Gasteiger partial charge on any atom is 0.350 e. The van der Waals surface area contributed by atoms with Crippen LogP contribution < -0.4 is 4.74 Å². The molecule has 0 fully saturated rings. The number of rotatable bonds is 6. The Kier molecular flexibility index (Phi) is 6.32. The van der Waals surface area contributed by atoms with Crippen LogP contribution in [0.4, 0.5) is 0 Å². The van der Waals surface area contributed by atoms with Crippen LogP contribution in [-0.2, 0) is 9.53 Å². The van der Waals surface area contributed by atoms with E-state index in [0.717, 1.165) is 27.6 Å². The largest absolute Gasteiger partial charge is 0.497 e. The highest BCUT2D eigenvalue weighted by molar-refractivity contribution is 7.13. The zero-order chi connectivity index (χ0) is 22.7. The second-order valence-electron chi connectivity index (χ2n) is 7.37. The van der Waals surface area contributed by atoms with Gasteiger partial charge < -0.3 is 9.47 Å². The molecule has 0 radical (unpaired) electrons. The molecular weight excluding hydrogens is 426 g/mol. The van der Waals surface area contributed by atoms with Crippen molar-refractivity contribution < 1.29 is 19.1 Å². The number of thiazole rings is 1. The molecule has 0 saturated heterocycles. The number of hydrogen-bond acceptors (Lipinski definition) is 7. The molecule has 32 heavy (non-hydrogen) atoms. The SMILES string of the molecule is COc1ccc(C2CC(c3ccccc3)=NN2C(=O)COC(=O)c2sc(C)nc2C)cc1. The molecule has 1 amide bonds. The molecule has 0 N–H and O–H groups in total. The third kappa shape index (κ3) is 4.55. The van der Waals surface area contributed by atoms with Gasteiger partial charge in [0.25, 0.3) is 5.91 Å². The molecule has 0 saturated carbocycles. The van der Waals surface area contributed by atoms with Gasteiger partial charge in [-0.15, -0.1) is 11.3 Å². The Bertz CT molecular complexity index is 1160. The van der Waals surface area contributed by atoms with Crippen molar-refractivity contribution in [3.05, 3.63) is 81.3 Å². The quantitative estimate of drug-likeness (QED) is 0.524. The highest BCUT2D eigenvalue weighted by Crippen LogP contribution is 2.33. The van der Waals surface area contributed by atoms with E-state index in [2.05, 4.69) is 10.1 Å². The lowest BCUT2D eigenvalue weighted by molar-refractivity contribution is -0.136. The number of amides is 1. The zero-order valence-electron chi connectivity index (χ0n) is 18.1.